The molecule has 0 bridgehead atoms. The number of hydrogen-bond acceptors (Lipinski definition) is 4. The van der Waals surface area contributed by atoms with Crippen molar-refractivity contribution in [3.63, 3.8) is 0 Å². The molecule has 0 unspecified atom stereocenters. The highest BCUT2D eigenvalue weighted by Gasteiger charge is 2.16. The van der Waals surface area contributed by atoms with Crippen LogP contribution in [0.5, 0.6) is 0 Å². The van der Waals surface area contributed by atoms with E-state index in [9.17, 15) is 4.79 Å². The molecule has 0 saturated carbocycles. The van der Waals surface area contributed by atoms with Crippen molar-refractivity contribution in [3.05, 3.63) is 75.4 Å². The minimum atomic E-state index is -0.291. The Labute approximate surface area is 195 Å². The van der Waals surface area contributed by atoms with E-state index in [1.807, 2.05) is 12.1 Å². The lowest BCUT2D eigenvalue weighted by molar-refractivity contribution is -0.111. The number of morpholine rings is 1. The second kappa shape index (κ2) is 9.79. The third kappa shape index (κ3) is 5.63. The summed E-state index contributed by atoms with van der Waals surface area (Å²) in [5.74, 6) is 0.843. The van der Waals surface area contributed by atoms with Gasteiger partial charge in [-0.05, 0) is 54.6 Å². The Bertz CT molecular complexity index is 1100. The normalized spacial score (nSPS) is 14.2. The van der Waals surface area contributed by atoms with E-state index in [-0.39, 0.29) is 5.91 Å². The predicted octanol–water partition coefficient (Wildman–Crippen LogP) is 6.40. The van der Waals surface area contributed by atoms with Crippen LogP contribution in [-0.2, 0) is 9.53 Å². The zero-order chi connectivity index (χ0) is 21.8. The summed E-state index contributed by atoms with van der Waals surface area (Å²) in [6.07, 6.45) is 3.02. The number of carbonyl (C=O) groups is 1. The van der Waals surface area contributed by atoms with E-state index < -0.39 is 0 Å². The van der Waals surface area contributed by atoms with Gasteiger partial charge in [0.2, 0.25) is 5.91 Å². The highest BCUT2D eigenvalue weighted by atomic mass is 35.5. The van der Waals surface area contributed by atoms with Gasteiger partial charge in [-0.2, -0.15) is 0 Å². The fraction of sp³-hybridized carbons (Fsp3) is 0.174. The number of nitrogens with one attached hydrogen (secondary N) is 1. The molecule has 160 valence electrons. The Morgan fingerprint density at radius 1 is 0.935 bits per heavy atom. The van der Waals surface area contributed by atoms with Gasteiger partial charge in [-0.1, -0.05) is 34.8 Å². The highest BCUT2D eigenvalue weighted by Crippen LogP contribution is 2.31. The van der Waals surface area contributed by atoms with Crippen LogP contribution >= 0.6 is 34.8 Å². The Hall–Kier alpha value is -2.44. The molecule has 0 atom stereocenters. The monoisotopic (exact) mass is 476 g/mol. The smallest absolute Gasteiger partial charge is 0.248 e. The molecule has 1 aromatic heterocycles. The Morgan fingerprint density at radius 3 is 2.42 bits per heavy atom. The third-order valence-corrected chi connectivity index (χ3v) is 5.41. The molecular weight excluding hydrogens is 459 g/mol. The number of rotatable bonds is 5. The first-order valence-corrected chi connectivity index (χ1v) is 10.8. The molecule has 0 aliphatic carbocycles. The van der Waals surface area contributed by atoms with Gasteiger partial charge in [-0.25, -0.2) is 0 Å². The van der Waals surface area contributed by atoms with Crippen molar-refractivity contribution in [1.29, 1.82) is 0 Å². The van der Waals surface area contributed by atoms with Crippen molar-refractivity contribution in [3.8, 4) is 11.3 Å². The van der Waals surface area contributed by atoms with Gasteiger partial charge in [-0.15, -0.1) is 0 Å². The first-order valence-electron chi connectivity index (χ1n) is 9.65. The van der Waals surface area contributed by atoms with Crippen LogP contribution in [0.25, 0.3) is 17.4 Å². The van der Waals surface area contributed by atoms with Crippen molar-refractivity contribution >= 4 is 58.2 Å². The van der Waals surface area contributed by atoms with E-state index in [1.165, 1.54) is 6.08 Å². The van der Waals surface area contributed by atoms with Crippen LogP contribution in [0.2, 0.25) is 15.1 Å². The molecule has 1 saturated heterocycles. The van der Waals surface area contributed by atoms with E-state index in [1.54, 1.807) is 42.5 Å². The molecule has 0 spiro atoms. The number of nitrogens with zero attached hydrogens (tertiary/aromatic N) is 1. The number of anilines is 2. The van der Waals surface area contributed by atoms with E-state index in [0.717, 1.165) is 24.3 Å². The number of carbonyl (C=O) groups excluding carboxylic acids is 1. The largest absolute Gasteiger partial charge is 0.457 e. The second-order valence-electron chi connectivity index (χ2n) is 6.94. The lowest BCUT2D eigenvalue weighted by Crippen LogP contribution is -2.36. The lowest BCUT2D eigenvalue weighted by Gasteiger charge is -2.30. The number of ether oxygens (including phenoxy) is 1. The van der Waals surface area contributed by atoms with Gasteiger partial charge in [-0.3, -0.25) is 4.79 Å². The minimum Gasteiger partial charge on any atom is -0.457 e. The quantitative estimate of drug-likeness (QED) is 0.432. The average Bonchev–Trinajstić information content (AvgIpc) is 3.22. The molecule has 5 nitrogen and oxygen atoms in total. The van der Waals surface area contributed by atoms with Gasteiger partial charge < -0.3 is 19.4 Å². The number of amides is 1. The molecule has 1 aliphatic rings. The van der Waals surface area contributed by atoms with Crippen LogP contribution in [0.1, 0.15) is 5.76 Å². The van der Waals surface area contributed by atoms with Crippen molar-refractivity contribution < 1.29 is 13.9 Å². The molecule has 2 aromatic carbocycles. The topological polar surface area (TPSA) is 54.7 Å². The van der Waals surface area contributed by atoms with Gasteiger partial charge in [0.05, 0.1) is 24.6 Å². The Morgan fingerprint density at radius 2 is 1.68 bits per heavy atom. The number of furan rings is 1. The maximum Gasteiger partial charge on any atom is 0.248 e. The second-order valence-corrected chi connectivity index (χ2v) is 8.25. The molecule has 3 aromatic rings. The molecule has 1 N–H and O–H groups in total. The molecule has 0 radical (unpaired) electrons. The summed E-state index contributed by atoms with van der Waals surface area (Å²) in [4.78, 5) is 14.7. The molecule has 1 amide bonds. The van der Waals surface area contributed by atoms with Crippen LogP contribution in [-0.4, -0.2) is 32.2 Å². The van der Waals surface area contributed by atoms with Crippen molar-refractivity contribution in [2.75, 3.05) is 36.5 Å². The highest BCUT2D eigenvalue weighted by molar-refractivity contribution is 6.35. The van der Waals surface area contributed by atoms with Gasteiger partial charge in [0.1, 0.15) is 11.5 Å². The molecule has 8 heteroatoms. The van der Waals surface area contributed by atoms with Gasteiger partial charge in [0.25, 0.3) is 0 Å². The van der Waals surface area contributed by atoms with E-state index >= 15 is 0 Å². The summed E-state index contributed by atoms with van der Waals surface area (Å²) < 4.78 is 11.2. The summed E-state index contributed by atoms with van der Waals surface area (Å²) in [5, 5.41) is 4.49. The number of hydrogen-bond donors (Lipinski definition) is 1. The fourth-order valence-electron chi connectivity index (χ4n) is 3.31. The van der Waals surface area contributed by atoms with Crippen LogP contribution in [0.15, 0.2) is 59.0 Å². The summed E-state index contributed by atoms with van der Waals surface area (Å²) in [6, 6.07) is 14.2. The van der Waals surface area contributed by atoms with Crippen LogP contribution in [0.4, 0.5) is 11.4 Å². The van der Waals surface area contributed by atoms with Crippen LogP contribution < -0.4 is 10.2 Å². The third-order valence-electron chi connectivity index (χ3n) is 4.74. The first-order chi connectivity index (χ1) is 15.0. The van der Waals surface area contributed by atoms with Crippen molar-refractivity contribution in [2.45, 2.75) is 0 Å². The van der Waals surface area contributed by atoms with Gasteiger partial charge in [0.15, 0.2) is 0 Å². The van der Waals surface area contributed by atoms with E-state index in [0.29, 0.717) is 45.5 Å². The average molecular weight is 478 g/mol. The summed E-state index contributed by atoms with van der Waals surface area (Å²) in [6.45, 7) is 2.80. The summed E-state index contributed by atoms with van der Waals surface area (Å²) in [5.41, 5.74) is 2.32. The number of halogens is 3. The van der Waals surface area contributed by atoms with Crippen LogP contribution in [0, 0.1) is 0 Å². The van der Waals surface area contributed by atoms with E-state index in [4.69, 9.17) is 44.0 Å². The molecular formula is C23H19Cl3N2O3. The number of benzene rings is 2. The lowest BCUT2D eigenvalue weighted by atomic mass is 10.2. The Balaban J connectivity index is 1.47. The summed E-state index contributed by atoms with van der Waals surface area (Å²) in [7, 11) is 0. The summed E-state index contributed by atoms with van der Waals surface area (Å²) >= 11 is 18.3. The van der Waals surface area contributed by atoms with E-state index in [2.05, 4.69) is 10.2 Å². The fourth-order valence-corrected chi connectivity index (χ4v) is 4.01. The molecule has 2 heterocycles. The van der Waals surface area contributed by atoms with Crippen molar-refractivity contribution in [1.82, 2.24) is 0 Å². The zero-order valence-electron chi connectivity index (χ0n) is 16.4. The first kappa shape index (κ1) is 21.8. The molecule has 1 aliphatic heterocycles. The minimum absolute atomic E-state index is 0.291. The maximum atomic E-state index is 12.5. The Kier molecular flexibility index (Phi) is 6.88. The standard InChI is InChI=1S/C23H19Cl3N2O3/c24-16-1-4-21(28-7-9-30-10-8-28)20(14-16)27-23(29)6-3-19-2-5-22(31-19)15-11-17(25)13-18(26)12-15/h1-6,11-14H,7-10H2,(H,27,29)/b6-3+. The SMILES string of the molecule is O=C(/C=C/c1ccc(-c2cc(Cl)cc(Cl)c2)o1)Nc1cc(Cl)ccc1N1CCOCC1. The maximum absolute atomic E-state index is 12.5. The molecule has 31 heavy (non-hydrogen) atoms. The predicted molar refractivity (Wildman–Crippen MR) is 126 cm³/mol. The van der Waals surface area contributed by atoms with Gasteiger partial charge >= 0.3 is 0 Å². The molecule has 1 fully saturated rings. The zero-order valence-corrected chi connectivity index (χ0v) is 18.7. The van der Waals surface area contributed by atoms with Crippen molar-refractivity contribution in [2.24, 2.45) is 0 Å². The molecule has 4 rings (SSSR count). The van der Waals surface area contributed by atoms with Crippen LogP contribution in [0.3, 0.4) is 0 Å². The van der Waals surface area contributed by atoms with Gasteiger partial charge in [0, 0.05) is 39.8 Å².